The molecule has 0 amide bonds. The minimum absolute atomic E-state index is 0.0441. The van der Waals surface area contributed by atoms with Crippen LogP contribution in [0.25, 0.3) is 0 Å². The highest BCUT2D eigenvalue weighted by molar-refractivity contribution is 5.78. The predicted molar refractivity (Wildman–Crippen MR) is 75.9 cm³/mol. The van der Waals surface area contributed by atoms with E-state index in [0.717, 1.165) is 38.3 Å². The zero-order valence-corrected chi connectivity index (χ0v) is 11.7. The van der Waals surface area contributed by atoms with E-state index >= 15 is 0 Å². The Balaban J connectivity index is 1.59. The van der Waals surface area contributed by atoms with Crippen molar-refractivity contribution in [1.29, 1.82) is 0 Å². The normalized spacial score (nSPS) is 27.6. The van der Waals surface area contributed by atoms with Gasteiger partial charge in [-0.3, -0.25) is 9.69 Å². The van der Waals surface area contributed by atoms with Crippen molar-refractivity contribution in [2.24, 2.45) is 0 Å². The van der Waals surface area contributed by atoms with Gasteiger partial charge in [-0.2, -0.15) is 0 Å². The van der Waals surface area contributed by atoms with Gasteiger partial charge in [0, 0.05) is 38.3 Å². The second-order valence-corrected chi connectivity index (χ2v) is 5.54. The first-order valence-corrected chi connectivity index (χ1v) is 7.12. The number of esters is 1. The number of cyclic esters (lactones) is 1. The van der Waals surface area contributed by atoms with Gasteiger partial charge >= 0.3 is 5.97 Å². The number of benzene rings is 1. The Morgan fingerprint density at radius 1 is 1.15 bits per heavy atom. The molecule has 1 N–H and O–H groups in total. The third kappa shape index (κ3) is 2.58. The summed E-state index contributed by atoms with van der Waals surface area (Å²) in [5.41, 5.74) is 1.12. The highest BCUT2D eigenvalue weighted by Gasteiger charge is 2.37. The van der Waals surface area contributed by atoms with Crippen molar-refractivity contribution in [3.8, 4) is 5.75 Å². The van der Waals surface area contributed by atoms with Gasteiger partial charge in [-0.15, -0.1) is 0 Å². The summed E-state index contributed by atoms with van der Waals surface area (Å²) in [4.78, 5) is 16.3. The number of anilines is 1. The Morgan fingerprint density at radius 3 is 2.35 bits per heavy atom. The van der Waals surface area contributed by atoms with E-state index in [4.69, 9.17) is 4.74 Å². The van der Waals surface area contributed by atoms with Crippen LogP contribution >= 0.6 is 0 Å². The lowest BCUT2D eigenvalue weighted by molar-refractivity contribution is -0.144. The Hall–Kier alpha value is -1.75. The summed E-state index contributed by atoms with van der Waals surface area (Å²) in [7, 11) is 0. The molecule has 0 spiro atoms. The predicted octanol–water partition coefficient (Wildman–Crippen LogP) is 1.22. The van der Waals surface area contributed by atoms with Crippen molar-refractivity contribution in [1.82, 2.24) is 4.90 Å². The van der Waals surface area contributed by atoms with Gasteiger partial charge in [0.05, 0.1) is 0 Å². The van der Waals surface area contributed by atoms with Gasteiger partial charge in [-0.05, 0) is 31.2 Å². The lowest BCUT2D eigenvalue weighted by Crippen LogP contribution is -2.51. The number of ether oxygens (including phenoxy) is 1. The van der Waals surface area contributed by atoms with Gasteiger partial charge < -0.3 is 14.7 Å². The summed E-state index contributed by atoms with van der Waals surface area (Å²) in [5.74, 6) is 0.214. The summed E-state index contributed by atoms with van der Waals surface area (Å²) < 4.78 is 5.23. The van der Waals surface area contributed by atoms with Crippen LogP contribution in [0.3, 0.4) is 0 Å². The molecule has 20 heavy (non-hydrogen) atoms. The van der Waals surface area contributed by atoms with Gasteiger partial charge in [0.1, 0.15) is 17.9 Å². The van der Waals surface area contributed by atoms with Crippen LogP contribution in [0.1, 0.15) is 13.3 Å². The molecule has 0 radical (unpaired) electrons. The van der Waals surface area contributed by atoms with E-state index in [-0.39, 0.29) is 23.9 Å². The topological polar surface area (TPSA) is 53.0 Å². The standard InChI is InChI=1S/C15H20N2O3/c1-11-10-14(15(19)20-11)17-8-6-16(7-9-17)12-2-4-13(18)5-3-12/h2-5,11,14,18H,6-10H2,1H3. The fourth-order valence-corrected chi connectivity index (χ4v) is 2.99. The van der Waals surface area contributed by atoms with E-state index in [0.29, 0.717) is 0 Å². The first kappa shape index (κ1) is 13.2. The summed E-state index contributed by atoms with van der Waals surface area (Å²) in [6, 6.07) is 7.20. The minimum Gasteiger partial charge on any atom is -0.508 e. The van der Waals surface area contributed by atoms with E-state index in [1.54, 1.807) is 12.1 Å². The molecule has 0 aliphatic carbocycles. The molecule has 2 aliphatic rings. The number of hydrogen-bond acceptors (Lipinski definition) is 5. The Morgan fingerprint density at radius 2 is 1.80 bits per heavy atom. The van der Waals surface area contributed by atoms with Crippen LogP contribution in [-0.2, 0) is 9.53 Å². The van der Waals surface area contributed by atoms with Crippen molar-refractivity contribution in [2.45, 2.75) is 25.5 Å². The first-order chi connectivity index (χ1) is 9.63. The van der Waals surface area contributed by atoms with Crippen LogP contribution in [0.4, 0.5) is 5.69 Å². The lowest BCUT2D eigenvalue weighted by atomic mass is 10.1. The van der Waals surface area contributed by atoms with E-state index in [2.05, 4.69) is 9.80 Å². The third-order valence-corrected chi connectivity index (χ3v) is 4.11. The Kier molecular flexibility index (Phi) is 3.53. The second-order valence-electron chi connectivity index (χ2n) is 5.54. The van der Waals surface area contributed by atoms with E-state index in [1.807, 2.05) is 19.1 Å². The molecule has 5 heteroatoms. The molecule has 2 aliphatic heterocycles. The number of carbonyl (C=O) groups excluding carboxylic acids is 1. The summed E-state index contributed by atoms with van der Waals surface area (Å²) in [6.07, 6.45) is 0.848. The molecule has 2 unspecified atom stereocenters. The van der Waals surface area contributed by atoms with Gasteiger partial charge in [-0.25, -0.2) is 0 Å². The number of phenolic OH excluding ortho intramolecular Hbond substituents is 1. The summed E-state index contributed by atoms with van der Waals surface area (Å²) >= 11 is 0. The minimum atomic E-state index is -0.0735. The zero-order valence-electron chi connectivity index (χ0n) is 11.7. The monoisotopic (exact) mass is 276 g/mol. The quantitative estimate of drug-likeness (QED) is 0.823. The second kappa shape index (κ2) is 5.32. The third-order valence-electron chi connectivity index (χ3n) is 4.11. The molecular formula is C15H20N2O3. The molecule has 2 atom stereocenters. The van der Waals surface area contributed by atoms with E-state index in [9.17, 15) is 9.90 Å². The number of aromatic hydroxyl groups is 1. The lowest BCUT2D eigenvalue weighted by Gasteiger charge is -2.37. The van der Waals surface area contributed by atoms with Crippen molar-refractivity contribution >= 4 is 11.7 Å². The van der Waals surface area contributed by atoms with Gasteiger partial charge in [0.25, 0.3) is 0 Å². The average Bonchev–Trinajstić information content (AvgIpc) is 2.79. The maximum absolute atomic E-state index is 11.8. The summed E-state index contributed by atoms with van der Waals surface area (Å²) in [5, 5.41) is 9.32. The van der Waals surface area contributed by atoms with Crippen LogP contribution in [-0.4, -0.2) is 54.3 Å². The molecule has 1 aromatic carbocycles. The van der Waals surface area contributed by atoms with Crippen LogP contribution in [0.5, 0.6) is 5.75 Å². The van der Waals surface area contributed by atoms with Crippen molar-refractivity contribution in [2.75, 3.05) is 31.1 Å². The Labute approximate surface area is 118 Å². The van der Waals surface area contributed by atoms with Crippen molar-refractivity contribution in [3.63, 3.8) is 0 Å². The number of phenols is 1. The fraction of sp³-hybridized carbons (Fsp3) is 0.533. The van der Waals surface area contributed by atoms with Crippen LogP contribution in [0, 0.1) is 0 Å². The van der Waals surface area contributed by atoms with Crippen LogP contribution in [0.15, 0.2) is 24.3 Å². The van der Waals surface area contributed by atoms with Gasteiger partial charge in [0.2, 0.25) is 0 Å². The van der Waals surface area contributed by atoms with Crippen LogP contribution in [0.2, 0.25) is 0 Å². The zero-order chi connectivity index (χ0) is 14.1. The molecule has 1 aromatic rings. The average molecular weight is 276 g/mol. The van der Waals surface area contributed by atoms with Crippen molar-refractivity contribution in [3.05, 3.63) is 24.3 Å². The maximum Gasteiger partial charge on any atom is 0.323 e. The molecule has 2 heterocycles. The molecule has 3 rings (SSSR count). The molecule has 0 aromatic heterocycles. The highest BCUT2D eigenvalue weighted by Crippen LogP contribution is 2.24. The number of hydrogen-bond donors (Lipinski definition) is 1. The fourth-order valence-electron chi connectivity index (χ4n) is 2.99. The molecule has 2 fully saturated rings. The molecule has 0 saturated carbocycles. The number of carbonyl (C=O) groups is 1. The van der Waals surface area contributed by atoms with Crippen LogP contribution < -0.4 is 4.90 Å². The van der Waals surface area contributed by atoms with E-state index < -0.39 is 0 Å². The molecule has 108 valence electrons. The SMILES string of the molecule is CC1CC(N2CCN(c3ccc(O)cc3)CC2)C(=O)O1. The van der Waals surface area contributed by atoms with E-state index in [1.165, 1.54) is 0 Å². The van der Waals surface area contributed by atoms with Gasteiger partial charge in [-0.1, -0.05) is 0 Å². The first-order valence-electron chi connectivity index (χ1n) is 7.12. The smallest absolute Gasteiger partial charge is 0.323 e. The van der Waals surface area contributed by atoms with Crippen molar-refractivity contribution < 1.29 is 14.6 Å². The number of rotatable bonds is 2. The largest absolute Gasteiger partial charge is 0.508 e. The molecule has 5 nitrogen and oxygen atoms in total. The van der Waals surface area contributed by atoms with Gasteiger partial charge in [0.15, 0.2) is 0 Å². The molecular weight excluding hydrogens is 256 g/mol. The number of nitrogens with zero attached hydrogens (tertiary/aromatic N) is 2. The summed E-state index contributed by atoms with van der Waals surface area (Å²) in [6.45, 7) is 5.47. The highest BCUT2D eigenvalue weighted by atomic mass is 16.6. The number of piperazine rings is 1. The maximum atomic E-state index is 11.8. The molecule has 2 saturated heterocycles. The Bertz CT molecular complexity index is 480. The molecule has 0 bridgehead atoms.